The molecule has 1 aromatic heterocycles. The van der Waals surface area contributed by atoms with E-state index in [1.165, 1.54) is 0 Å². The zero-order valence-corrected chi connectivity index (χ0v) is 21.5. The van der Waals surface area contributed by atoms with E-state index < -0.39 is 0 Å². The maximum Gasteiger partial charge on any atom is 0.270 e. The summed E-state index contributed by atoms with van der Waals surface area (Å²) in [6.07, 6.45) is 1.54. The van der Waals surface area contributed by atoms with Crippen molar-refractivity contribution in [2.45, 2.75) is 19.4 Å². The monoisotopic (exact) mass is 537 g/mol. The zero-order valence-electron chi connectivity index (χ0n) is 19.9. The molecule has 2 aliphatic rings. The van der Waals surface area contributed by atoms with Gasteiger partial charge in [-0.3, -0.25) is 9.59 Å². The summed E-state index contributed by atoms with van der Waals surface area (Å²) in [5, 5.41) is 0. The Bertz CT molecular complexity index is 1270. The number of methoxy groups -OCH3 is 2. The Labute approximate surface area is 213 Å². The van der Waals surface area contributed by atoms with Crippen LogP contribution in [0.4, 0.5) is 0 Å². The van der Waals surface area contributed by atoms with Gasteiger partial charge in [0.25, 0.3) is 11.8 Å². The lowest BCUT2D eigenvalue weighted by Crippen LogP contribution is -2.38. The molecule has 0 N–H and O–H groups in total. The topological polar surface area (TPSA) is 64.0 Å². The van der Waals surface area contributed by atoms with Gasteiger partial charge in [-0.05, 0) is 64.7 Å². The summed E-state index contributed by atoms with van der Waals surface area (Å²) in [7, 11) is 3.26. The molecule has 8 heteroatoms. The molecule has 2 aromatic carbocycles. The van der Waals surface area contributed by atoms with Crippen LogP contribution in [0, 0.1) is 0 Å². The number of ether oxygens (including phenoxy) is 2. The molecule has 0 unspecified atom stereocenters. The molecule has 2 aliphatic heterocycles. The number of amides is 2. The van der Waals surface area contributed by atoms with Gasteiger partial charge in [-0.25, -0.2) is 0 Å². The van der Waals surface area contributed by atoms with Crippen LogP contribution in [0.15, 0.2) is 53.0 Å². The van der Waals surface area contributed by atoms with Crippen LogP contribution in [0.1, 0.15) is 32.8 Å². The van der Waals surface area contributed by atoms with E-state index in [9.17, 15) is 9.59 Å². The van der Waals surface area contributed by atoms with Crippen molar-refractivity contribution in [3.05, 3.63) is 69.8 Å². The van der Waals surface area contributed by atoms with E-state index in [0.29, 0.717) is 55.5 Å². The van der Waals surface area contributed by atoms with Crippen LogP contribution < -0.4 is 9.47 Å². The lowest BCUT2D eigenvalue weighted by Gasteiger charge is -2.26. The first-order valence-corrected chi connectivity index (χ1v) is 12.6. The predicted octanol–water partition coefficient (Wildman–Crippen LogP) is 4.48. The molecule has 0 atom stereocenters. The fraction of sp³-hybridized carbons (Fsp3) is 0.333. The van der Waals surface area contributed by atoms with Crippen molar-refractivity contribution in [3.8, 4) is 22.8 Å². The quantitative estimate of drug-likeness (QED) is 0.492. The number of benzene rings is 2. The number of carbonyl (C=O) groups excluding carboxylic acids is 2. The molecule has 5 rings (SSSR count). The van der Waals surface area contributed by atoms with E-state index in [0.717, 1.165) is 34.1 Å². The molecule has 0 saturated carbocycles. The van der Waals surface area contributed by atoms with E-state index in [2.05, 4.69) is 20.5 Å². The second-order valence-electron chi connectivity index (χ2n) is 8.80. The highest BCUT2D eigenvalue weighted by Crippen LogP contribution is 2.42. The summed E-state index contributed by atoms with van der Waals surface area (Å²) in [5.74, 6) is 1.38. The summed E-state index contributed by atoms with van der Waals surface area (Å²) in [6, 6.07) is 15.2. The smallest absolute Gasteiger partial charge is 0.270 e. The van der Waals surface area contributed by atoms with Crippen molar-refractivity contribution < 1.29 is 19.1 Å². The molecule has 182 valence electrons. The van der Waals surface area contributed by atoms with Crippen molar-refractivity contribution in [2.24, 2.45) is 0 Å². The molecule has 35 heavy (non-hydrogen) atoms. The molecular weight excluding hydrogens is 510 g/mol. The molecule has 0 spiro atoms. The molecule has 0 bridgehead atoms. The zero-order chi connectivity index (χ0) is 24.5. The van der Waals surface area contributed by atoms with Gasteiger partial charge in [-0.2, -0.15) is 0 Å². The van der Waals surface area contributed by atoms with Crippen LogP contribution in [-0.2, 0) is 13.0 Å². The third-order valence-corrected chi connectivity index (χ3v) is 7.43. The van der Waals surface area contributed by atoms with Crippen molar-refractivity contribution in [1.29, 1.82) is 0 Å². The number of halogens is 1. The first-order valence-electron chi connectivity index (χ1n) is 11.8. The van der Waals surface area contributed by atoms with Crippen LogP contribution in [0.3, 0.4) is 0 Å². The normalized spacial score (nSPS) is 15.2. The van der Waals surface area contributed by atoms with Gasteiger partial charge < -0.3 is 23.8 Å². The van der Waals surface area contributed by atoms with Crippen molar-refractivity contribution in [1.82, 2.24) is 14.4 Å². The van der Waals surface area contributed by atoms with Crippen LogP contribution >= 0.6 is 15.9 Å². The summed E-state index contributed by atoms with van der Waals surface area (Å²) < 4.78 is 14.0. The molecule has 3 aromatic rings. The first kappa shape index (κ1) is 23.5. The maximum atomic E-state index is 13.7. The van der Waals surface area contributed by atoms with Crippen LogP contribution in [0.5, 0.6) is 11.5 Å². The van der Waals surface area contributed by atoms with Gasteiger partial charge in [0, 0.05) is 48.3 Å². The first-order chi connectivity index (χ1) is 17.0. The summed E-state index contributed by atoms with van der Waals surface area (Å²) in [6.45, 7) is 3.00. The molecular formula is C27H28BrN3O4. The van der Waals surface area contributed by atoms with Crippen molar-refractivity contribution >= 4 is 27.7 Å². The standard InChI is InChI=1S/C27H28BrN3O4/c1-34-23-15-19-9-12-31-22(17-21(28)25(31)20(19)16-24(23)35-2)27(33)30-11-6-10-29(13-14-30)26(32)18-7-4-3-5-8-18/h3-5,7-8,15-17H,6,9-14H2,1-2H3. The number of carbonyl (C=O) groups is 2. The highest BCUT2D eigenvalue weighted by molar-refractivity contribution is 9.10. The predicted molar refractivity (Wildman–Crippen MR) is 137 cm³/mol. The van der Waals surface area contributed by atoms with E-state index in [4.69, 9.17) is 9.47 Å². The largest absolute Gasteiger partial charge is 0.493 e. The number of aryl methyl sites for hydroxylation is 1. The van der Waals surface area contributed by atoms with Gasteiger partial charge in [0.1, 0.15) is 5.69 Å². The second kappa shape index (κ2) is 9.77. The summed E-state index contributed by atoms with van der Waals surface area (Å²) in [4.78, 5) is 30.3. The Morgan fingerprint density at radius 2 is 1.49 bits per heavy atom. The summed E-state index contributed by atoms with van der Waals surface area (Å²) >= 11 is 3.70. The molecule has 1 saturated heterocycles. The van der Waals surface area contributed by atoms with Crippen LogP contribution in [-0.4, -0.2) is 66.6 Å². The van der Waals surface area contributed by atoms with Gasteiger partial charge in [0.05, 0.1) is 19.9 Å². The Kier molecular flexibility index (Phi) is 6.56. The number of fused-ring (bicyclic) bond motifs is 3. The highest BCUT2D eigenvalue weighted by atomic mass is 79.9. The SMILES string of the molecule is COc1cc2c(cc1OC)-c1c(Br)cc(C(=O)N3CCCN(C(=O)c4ccccc4)CC3)n1CC2. The third kappa shape index (κ3) is 4.31. The maximum absolute atomic E-state index is 13.7. The third-order valence-electron chi connectivity index (χ3n) is 6.83. The molecule has 2 amide bonds. The van der Waals surface area contributed by atoms with E-state index >= 15 is 0 Å². The highest BCUT2D eigenvalue weighted by Gasteiger charge is 2.30. The minimum atomic E-state index is -0.00473. The molecule has 0 aliphatic carbocycles. The average molecular weight is 538 g/mol. The van der Waals surface area contributed by atoms with Crippen molar-refractivity contribution in [3.63, 3.8) is 0 Å². The van der Waals surface area contributed by atoms with E-state index in [-0.39, 0.29) is 11.8 Å². The van der Waals surface area contributed by atoms with Gasteiger partial charge in [-0.1, -0.05) is 18.2 Å². The lowest BCUT2D eigenvalue weighted by atomic mass is 9.97. The number of hydrogen-bond donors (Lipinski definition) is 0. The molecule has 0 radical (unpaired) electrons. The van der Waals surface area contributed by atoms with Gasteiger partial charge in [0.2, 0.25) is 0 Å². The van der Waals surface area contributed by atoms with E-state index in [1.54, 1.807) is 14.2 Å². The molecule has 3 heterocycles. The van der Waals surface area contributed by atoms with Gasteiger partial charge in [0.15, 0.2) is 11.5 Å². The Morgan fingerprint density at radius 3 is 2.17 bits per heavy atom. The number of rotatable bonds is 4. The minimum Gasteiger partial charge on any atom is -0.493 e. The fourth-order valence-corrected chi connectivity index (χ4v) is 5.67. The van der Waals surface area contributed by atoms with E-state index in [1.807, 2.05) is 58.3 Å². The Hall–Kier alpha value is -3.26. The Balaban J connectivity index is 1.39. The van der Waals surface area contributed by atoms with Gasteiger partial charge >= 0.3 is 0 Å². The second-order valence-corrected chi connectivity index (χ2v) is 9.65. The number of aromatic nitrogens is 1. The van der Waals surface area contributed by atoms with Gasteiger partial charge in [-0.15, -0.1) is 0 Å². The molecule has 7 nitrogen and oxygen atoms in total. The number of hydrogen-bond acceptors (Lipinski definition) is 4. The lowest BCUT2D eigenvalue weighted by molar-refractivity contribution is 0.0713. The minimum absolute atomic E-state index is 0.00473. The Morgan fingerprint density at radius 1 is 0.829 bits per heavy atom. The average Bonchev–Trinajstić information content (AvgIpc) is 3.06. The number of nitrogens with zero attached hydrogens (tertiary/aromatic N) is 3. The molecule has 1 fully saturated rings. The van der Waals surface area contributed by atoms with Crippen LogP contribution in [0.2, 0.25) is 0 Å². The summed E-state index contributed by atoms with van der Waals surface area (Å²) in [5.41, 5.74) is 4.53. The fourth-order valence-electron chi connectivity index (χ4n) is 5.03. The van der Waals surface area contributed by atoms with Crippen molar-refractivity contribution in [2.75, 3.05) is 40.4 Å². The van der Waals surface area contributed by atoms with Crippen LogP contribution in [0.25, 0.3) is 11.3 Å².